The molecule has 3 aromatic rings. The van der Waals surface area contributed by atoms with Gasteiger partial charge in [0.2, 0.25) is 0 Å². The molecule has 1 aliphatic heterocycles. The minimum absolute atomic E-state index is 0. The van der Waals surface area contributed by atoms with Gasteiger partial charge in [0.05, 0.1) is 10.9 Å². The van der Waals surface area contributed by atoms with Crippen LogP contribution in [0.4, 0.5) is 0 Å². The third kappa shape index (κ3) is 3.75. The molecule has 30 heavy (non-hydrogen) atoms. The van der Waals surface area contributed by atoms with E-state index in [-0.39, 0.29) is 35.2 Å². The molecular weight excluding hydrogens is 400 g/mol. The second kappa shape index (κ2) is 8.25. The highest BCUT2D eigenvalue weighted by Gasteiger charge is 2.36. The molecule has 158 valence electrons. The summed E-state index contributed by atoms with van der Waals surface area (Å²) in [4.78, 5) is 28.2. The van der Waals surface area contributed by atoms with Gasteiger partial charge < -0.3 is 15.1 Å². The van der Waals surface area contributed by atoms with Crippen LogP contribution in [0.3, 0.4) is 0 Å². The van der Waals surface area contributed by atoms with Gasteiger partial charge in [-0.1, -0.05) is 50.2 Å². The van der Waals surface area contributed by atoms with Crippen LogP contribution in [0, 0.1) is 12.3 Å². The molecular formula is C24H27ClN2O3. The lowest BCUT2D eigenvalue weighted by Gasteiger charge is -2.42. The summed E-state index contributed by atoms with van der Waals surface area (Å²) >= 11 is 0. The van der Waals surface area contributed by atoms with Crippen molar-refractivity contribution >= 4 is 29.3 Å². The molecule has 4 rings (SSSR count). The second-order valence-electron chi connectivity index (χ2n) is 8.54. The van der Waals surface area contributed by atoms with Crippen LogP contribution >= 0.6 is 12.4 Å². The number of hydrogen-bond acceptors (Lipinski definition) is 4. The number of carbonyl (C=O) groups excluding carboxylic acids is 1. The number of nitrogens with zero attached hydrogens (tertiary/aromatic N) is 1. The number of nitrogens with two attached hydrogens (primary N) is 1. The van der Waals surface area contributed by atoms with Crippen LogP contribution in [-0.4, -0.2) is 29.9 Å². The fourth-order valence-corrected chi connectivity index (χ4v) is 4.06. The average Bonchev–Trinajstić information content (AvgIpc) is 2.72. The van der Waals surface area contributed by atoms with Crippen molar-refractivity contribution in [3.63, 3.8) is 0 Å². The first-order chi connectivity index (χ1) is 13.8. The van der Waals surface area contributed by atoms with Crippen molar-refractivity contribution < 1.29 is 9.21 Å². The molecule has 0 spiro atoms. The summed E-state index contributed by atoms with van der Waals surface area (Å²) < 4.78 is 6.20. The van der Waals surface area contributed by atoms with E-state index in [9.17, 15) is 9.59 Å². The normalized spacial score (nSPS) is 18.1. The third-order valence-corrected chi connectivity index (χ3v) is 6.01. The molecule has 1 fully saturated rings. The number of para-hydroxylation sites is 1. The Bertz CT molecular complexity index is 1140. The molecule has 2 heterocycles. The van der Waals surface area contributed by atoms with Crippen LogP contribution in [-0.2, 0) is 0 Å². The van der Waals surface area contributed by atoms with E-state index in [1.165, 1.54) is 0 Å². The zero-order valence-electron chi connectivity index (χ0n) is 17.5. The topological polar surface area (TPSA) is 76.5 Å². The Morgan fingerprint density at radius 3 is 2.50 bits per heavy atom. The zero-order valence-corrected chi connectivity index (χ0v) is 18.3. The maximum absolute atomic E-state index is 13.4. The minimum atomic E-state index is -0.162. The molecule has 1 aromatic heterocycles. The molecule has 1 amide bonds. The maximum atomic E-state index is 13.4. The minimum Gasteiger partial charge on any atom is -0.455 e. The van der Waals surface area contributed by atoms with Crippen molar-refractivity contribution in [2.75, 3.05) is 13.1 Å². The van der Waals surface area contributed by atoms with Gasteiger partial charge >= 0.3 is 0 Å². The Morgan fingerprint density at radius 1 is 1.13 bits per heavy atom. The van der Waals surface area contributed by atoms with Gasteiger partial charge in [-0.15, -0.1) is 12.4 Å². The van der Waals surface area contributed by atoms with E-state index in [0.717, 1.165) is 12.0 Å². The number of carbonyl (C=O) groups is 1. The largest absolute Gasteiger partial charge is 0.455 e. The van der Waals surface area contributed by atoms with E-state index >= 15 is 0 Å². The molecule has 0 saturated carbocycles. The molecule has 6 heteroatoms. The van der Waals surface area contributed by atoms with Crippen LogP contribution in [0.15, 0.2) is 57.7 Å². The van der Waals surface area contributed by atoms with Crippen molar-refractivity contribution in [2.24, 2.45) is 11.1 Å². The Hall–Kier alpha value is -2.63. The zero-order chi connectivity index (χ0) is 20.8. The molecule has 0 bridgehead atoms. The summed E-state index contributed by atoms with van der Waals surface area (Å²) in [5.41, 5.74) is 8.08. The lowest BCUT2D eigenvalue weighted by atomic mass is 9.79. The first-order valence-corrected chi connectivity index (χ1v) is 9.96. The van der Waals surface area contributed by atoms with Gasteiger partial charge in [0.15, 0.2) is 11.0 Å². The van der Waals surface area contributed by atoms with Crippen LogP contribution in [0.1, 0.15) is 36.2 Å². The smallest absolute Gasteiger partial charge is 0.257 e. The molecule has 1 aliphatic rings. The molecule has 5 nitrogen and oxygen atoms in total. The van der Waals surface area contributed by atoms with Gasteiger partial charge in [0, 0.05) is 30.3 Å². The van der Waals surface area contributed by atoms with Gasteiger partial charge in [-0.3, -0.25) is 9.59 Å². The highest BCUT2D eigenvalue weighted by Crippen LogP contribution is 2.31. The van der Waals surface area contributed by atoms with E-state index in [1.807, 2.05) is 35.2 Å². The number of benzene rings is 2. The van der Waals surface area contributed by atoms with E-state index < -0.39 is 0 Å². The van der Waals surface area contributed by atoms with Crippen LogP contribution in [0.2, 0.25) is 0 Å². The van der Waals surface area contributed by atoms with Crippen molar-refractivity contribution in [1.29, 1.82) is 0 Å². The van der Waals surface area contributed by atoms with E-state index in [0.29, 0.717) is 40.9 Å². The van der Waals surface area contributed by atoms with Crippen molar-refractivity contribution in [2.45, 2.75) is 33.2 Å². The summed E-state index contributed by atoms with van der Waals surface area (Å²) in [5, 5.41) is 0.431. The summed E-state index contributed by atoms with van der Waals surface area (Å²) in [5.74, 6) is 0.380. The highest BCUT2D eigenvalue weighted by atomic mass is 35.5. The summed E-state index contributed by atoms with van der Waals surface area (Å²) in [6.07, 6.45) is 0.752. The van der Waals surface area contributed by atoms with Gasteiger partial charge in [-0.2, -0.15) is 0 Å². The number of amides is 1. The van der Waals surface area contributed by atoms with E-state index in [1.54, 1.807) is 25.1 Å². The standard InChI is InChI=1S/C24H26N2O3.ClH/c1-15-20(27)17-10-7-11-18(22(17)29-21(15)16-8-5-4-6-9-16)23(28)26-13-12-19(25)24(2,3)14-26;/h4-11,19H,12-14,25H2,1-3H3;1H. The fraction of sp³-hybridized carbons (Fsp3) is 0.333. The Kier molecular flexibility index (Phi) is 6.06. The molecule has 1 atom stereocenters. The number of piperidine rings is 1. The van der Waals surface area contributed by atoms with Gasteiger partial charge in [0.1, 0.15) is 5.76 Å². The average molecular weight is 427 g/mol. The number of likely N-dealkylation sites (tertiary alicyclic amines) is 1. The predicted octanol–water partition coefficient (Wildman–Crippen LogP) is 4.39. The number of rotatable bonds is 2. The molecule has 2 N–H and O–H groups in total. The molecule has 1 unspecified atom stereocenters. The molecule has 0 radical (unpaired) electrons. The van der Waals surface area contributed by atoms with Crippen LogP contribution in [0.25, 0.3) is 22.3 Å². The lowest BCUT2D eigenvalue weighted by Crippen LogP contribution is -2.54. The number of halogens is 1. The lowest BCUT2D eigenvalue weighted by molar-refractivity contribution is 0.0534. The number of hydrogen-bond donors (Lipinski definition) is 1. The van der Waals surface area contributed by atoms with Gasteiger partial charge in [-0.05, 0) is 30.9 Å². The molecule has 0 aliphatic carbocycles. The fourth-order valence-electron chi connectivity index (χ4n) is 4.06. The van der Waals surface area contributed by atoms with Gasteiger partial charge in [0.25, 0.3) is 5.91 Å². The van der Waals surface area contributed by atoms with E-state index in [2.05, 4.69) is 13.8 Å². The third-order valence-electron chi connectivity index (χ3n) is 6.01. The summed E-state index contributed by atoms with van der Waals surface area (Å²) in [7, 11) is 0. The predicted molar refractivity (Wildman–Crippen MR) is 122 cm³/mol. The van der Waals surface area contributed by atoms with Crippen LogP contribution in [0.5, 0.6) is 0 Å². The highest BCUT2D eigenvalue weighted by molar-refractivity contribution is 6.05. The monoisotopic (exact) mass is 426 g/mol. The first-order valence-electron chi connectivity index (χ1n) is 9.96. The molecule has 2 aromatic carbocycles. The van der Waals surface area contributed by atoms with Crippen molar-refractivity contribution in [1.82, 2.24) is 4.90 Å². The summed E-state index contributed by atoms with van der Waals surface area (Å²) in [6.45, 7) is 7.09. The Labute approximate surface area is 182 Å². The molecule has 1 saturated heterocycles. The maximum Gasteiger partial charge on any atom is 0.257 e. The Balaban J connectivity index is 0.00000256. The first kappa shape index (κ1) is 22.1. The van der Waals surface area contributed by atoms with Crippen molar-refractivity contribution in [3.05, 3.63) is 69.9 Å². The van der Waals surface area contributed by atoms with Gasteiger partial charge in [-0.25, -0.2) is 0 Å². The Morgan fingerprint density at radius 2 is 1.83 bits per heavy atom. The van der Waals surface area contributed by atoms with Crippen molar-refractivity contribution in [3.8, 4) is 11.3 Å². The van der Waals surface area contributed by atoms with Crippen LogP contribution < -0.4 is 11.2 Å². The quantitative estimate of drug-likeness (QED) is 0.659. The second-order valence-corrected chi connectivity index (χ2v) is 8.54. The van der Waals surface area contributed by atoms with E-state index in [4.69, 9.17) is 10.2 Å². The summed E-state index contributed by atoms with van der Waals surface area (Å²) in [6, 6.07) is 14.8. The SMILES string of the molecule is Cc1c(-c2ccccc2)oc2c(C(=O)N3CCC(N)C(C)(C)C3)cccc2c1=O.Cl. The number of fused-ring (bicyclic) bond motifs is 1.